The Bertz CT molecular complexity index is 919. The van der Waals surface area contributed by atoms with E-state index in [1.54, 1.807) is 30.1 Å². The van der Waals surface area contributed by atoms with Crippen molar-refractivity contribution in [1.29, 1.82) is 0 Å². The molecule has 0 unspecified atom stereocenters. The minimum Gasteiger partial charge on any atom is -0.408 e. The van der Waals surface area contributed by atoms with Gasteiger partial charge in [-0.1, -0.05) is 20.8 Å². The van der Waals surface area contributed by atoms with E-state index in [1.165, 1.54) is 4.57 Å². The Morgan fingerprint density at radius 2 is 1.74 bits per heavy atom. The number of aryl methyl sites for hydroxylation is 1. The molecule has 1 saturated heterocycles. The molecule has 0 spiro atoms. The summed E-state index contributed by atoms with van der Waals surface area (Å²) in [5.41, 5.74) is 1.51. The lowest BCUT2D eigenvalue weighted by Crippen LogP contribution is -2.38. The molecule has 146 valence electrons. The fourth-order valence-corrected chi connectivity index (χ4v) is 3.38. The molecule has 3 rings (SSSR count). The van der Waals surface area contributed by atoms with Crippen LogP contribution in [0.1, 0.15) is 44.0 Å². The normalized spacial score (nSPS) is 15.9. The van der Waals surface area contributed by atoms with E-state index in [0.717, 1.165) is 6.42 Å². The topological polar surface area (TPSA) is 75.8 Å². The SMILES string of the molecule is Cn1c(=O)oc2cc(C(=O)N3CCCN(C(=O)CC(C)(C)C)CC3)ccc21. The number of fused-ring (bicyclic) bond motifs is 1. The van der Waals surface area contributed by atoms with Gasteiger partial charge in [0.1, 0.15) is 0 Å². The molecular formula is C20H27N3O4. The maximum Gasteiger partial charge on any atom is 0.419 e. The van der Waals surface area contributed by atoms with Gasteiger partial charge < -0.3 is 14.2 Å². The van der Waals surface area contributed by atoms with E-state index in [0.29, 0.717) is 49.3 Å². The van der Waals surface area contributed by atoms with Crippen LogP contribution in [0, 0.1) is 5.41 Å². The number of amides is 2. The van der Waals surface area contributed by atoms with Gasteiger partial charge in [0.25, 0.3) is 5.91 Å². The van der Waals surface area contributed by atoms with Crippen molar-refractivity contribution in [2.45, 2.75) is 33.6 Å². The smallest absolute Gasteiger partial charge is 0.408 e. The van der Waals surface area contributed by atoms with E-state index in [9.17, 15) is 14.4 Å². The molecular weight excluding hydrogens is 346 g/mol. The first-order chi connectivity index (χ1) is 12.7. The van der Waals surface area contributed by atoms with E-state index in [4.69, 9.17) is 4.42 Å². The van der Waals surface area contributed by atoms with E-state index in [2.05, 4.69) is 20.8 Å². The van der Waals surface area contributed by atoms with Crippen LogP contribution in [0.15, 0.2) is 27.4 Å². The largest absolute Gasteiger partial charge is 0.419 e. The van der Waals surface area contributed by atoms with Gasteiger partial charge in [-0.15, -0.1) is 0 Å². The molecule has 1 aliphatic heterocycles. The summed E-state index contributed by atoms with van der Waals surface area (Å²) in [5, 5.41) is 0. The van der Waals surface area contributed by atoms with Gasteiger partial charge >= 0.3 is 5.76 Å². The molecule has 0 N–H and O–H groups in total. The average Bonchev–Trinajstić information content (AvgIpc) is 2.77. The van der Waals surface area contributed by atoms with Crippen molar-refractivity contribution < 1.29 is 14.0 Å². The summed E-state index contributed by atoms with van der Waals surface area (Å²) in [6.07, 6.45) is 1.26. The molecule has 2 amide bonds. The number of rotatable bonds is 2. The van der Waals surface area contributed by atoms with Crippen molar-refractivity contribution in [3.8, 4) is 0 Å². The molecule has 0 saturated carbocycles. The van der Waals surface area contributed by atoms with E-state index in [-0.39, 0.29) is 17.2 Å². The Morgan fingerprint density at radius 3 is 2.44 bits per heavy atom. The highest BCUT2D eigenvalue weighted by Crippen LogP contribution is 2.21. The summed E-state index contributed by atoms with van der Waals surface area (Å²) < 4.78 is 6.59. The first-order valence-corrected chi connectivity index (χ1v) is 9.32. The number of aromatic nitrogens is 1. The second-order valence-electron chi connectivity index (χ2n) is 8.37. The second kappa shape index (κ2) is 7.21. The summed E-state index contributed by atoms with van der Waals surface area (Å²) in [7, 11) is 1.63. The zero-order valence-electron chi connectivity index (χ0n) is 16.4. The van der Waals surface area contributed by atoms with Crippen molar-refractivity contribution in [2.24, 2.45) is 12.5 Å². The lowest BCUT2D eigenvalue weighted by molar-refractivity contribution is -0.132. The van der Waals surface area contributed by atoms with E-state index >= 15 is 0 Å². The third kappa shape index (κ3) is 4.23. The van der Waals surface area contributed by atoms with Gasteiger partial charge in [-0.3, -0.25) is 14.2 Å². The Labute approximate surface area is 158 Å². The Morgan fingerprint density at radius 1 is 1.07 bits per heavy atom. The molecule has 0 bridgehead atoms. The number of hydrogen-bond acceptors (Lipinski definition) is 4. The summed E-state index contributed by atoms with van der Waals surface area (Å²) in [6.45, 7) is 8.49. The zero-order valence-corrected chi connectivity index (χ0v) is 16.4. The Kier molecular flexibility index (Phi) is 5.13. The Balaban J connectivity index is 1.71. The van der Waals surface area contributed by atoms with Gasteiger partial charge in [0.15, 0.2) is 5.58 Å². The molecule has 7 nitrogen and oxygen atoms in total. The van der Waals surface area contributed by atoms with E-state index in [1.807, 2.05) is 4.90 Å². The van der Waals surface area contributed by atoms with Crippen molar-refractivity contribution in [1.82, 2.24) is 14.4 Å². The highest BCUT2D eigenvalue weighted by atomic mass is 16.4. The molecule has 2 heterocycles. The molecule has 0 atom stereocenters. The number of hydrogen-bond donors (Lipinski definition) is 0. The summed E-state index contributed by atoms with van der Waals surface area (Å²) in [4.78, 5) is 40.6. The third-order valence-electron chi connectivity index (χ3n) is 4.86. The number of carbonyl (C=O) groups is 2. The van der Waals surface area contributed by atoms with Crippen LogP contribution >= 0.6 is 0 Å². The standard InChI is InChI=1S/C20H27N3O4/c1-20(2,3)13-17(24)22-8-5-9-23(11-10-22)18(25)14-6-7-15-16(12-14)27-19(26)21(15)4/h6-7,12H,5,8-11,13H2,1-4H3. The zero-order chi connectivity index (χ0) is 19.8. The lowest BCUT2D eigenvalue weighted by Gasteiger charge is -2.25. The van der Waals surface area contributed by atoms with Crippen LogP contribution in [0.5, 0.6) is 0 Å². The van der Waals surface area contributed by atoms with Crippen LogP contribution in [0.25, 0.3) is 11.1 Å². The van der Waals surface area contributed by atoms with Gasteiger partial charge in [-0.05, 0) is 30.0 Å². The number of oxazole rings is 1. The molecule has 0 aliphatic carbocycles. The molecule has 1 aromatic heterocycles. The van der Waals surface area contributed by atoms with Crippen LogP contribution in [0.3, 0.4) is 0 Å². The molecule has 7 heteroatoms. The van der Waals surface area contributed by atoms with Crippen LogP contribution in [0.2, 0.25) is 0 Å². The number of benzene rings is 1. The van der Waals surface area contributed by atoms with Crippen LogP contribution in [0.4, 0.5) is 0 Å². The maximum atomic E-state index is 12.9. The lowest BCUT2D eigenvalue weighted by atomic mass is 9.91. The maximum absolute atomic E-state index is 12.9. The fourth-order valence-electron chi connectivity index (χ4n) is 3.38. The fraction of sp³-hybridized carbons (Fsp3) is 0.550. The van der Waals surface area contributed by atoms with Gasteiger partial charge in [-0.2, -0.15) is 0 Å². The average molecular weight is 373 g/mol. The first kappa shape index (κ1) is 19.2. The van der Waals surface area contributed by atoms with Gasteiger partial charge in [-0.25, -0.2) is 4.79 Å². The van der Waals surface area contributed by atoms with Gasteiger partial charge in [0, 0.05) is 45.2 Å². The number of carbonyl (C=O) groups excluding carboxylic acids is 2. The minimum absolute atomic E-state index is 0.0477. The molecule has 1 aliphatic rings. The summed E-state index contributed by atoms with van der Waals surface area (Å²) in [6, 6.07) is 5.06. The van der Waals surface area contributed by atoms with Gasteiger partial charge in [0.2, 0.25) is 5.91 Å². The van der Waals surface area contributed by atoms with Crippen LogP contribution in [-0.2, 0) is 11.8 Å². The minimum atomic E-state index is -0.447. The van der Waals surface area contributed by atoms with E-state index < -0.39 is 5.76 Å². The monoisotopic (exact) mass is 373 g/mol. The molecule has 2 aromatic rings. The molecule has 1 aromatic carbocycles. The highest BCUT2D eigenvalue weighted by molar-refractivity contribution is 5.97. The predicted molar refractivity (Wildman–Crippen MR) is 103 cm³/mol. The van der Waals surface area contributed by atoms with Gasteiger partial charge in [0.05, 0.1) is 5.52 Å². The van der Waals surface area contributed by atoms with Crippen LogP contribution < -0.4 is 5.76 Å². The second-order valence-corrected chi connectivity index (χ2v) is 8.37. The predicted octanol–water partition coefficient (Wildman–Crippen LogP) is 2.24. The quantitative estimate of drug-likeness (QED) is 0.809. The summed E-state index contributed by atoms with van der Waals surface area (Å²) >= 11 is 0. The van der Waals surface area contributed by atoms with Crippen molar-refractivity contribution >= 4 is 22.9 Å². The Hall–Kier alpha value is -2.57. The molecule has 27 heavy (non-hydrogen) atoms. The third-order valence-corrected chi connectivity index (χ3v) is 4.86. The highest BCUT2D eigenvalue weighted by Gasteiger charge is 2.25. The van der Waals surface area contributed by atoms with Crippen molar-refractivity contribution in [3.05, 3.63) is 34.3 Å². The number of nitrogens with zero attached hydrogens (tertiary/aromatic N) is 3. The van der Waals surface area contributed by atoms with Crippen molar-refractivity contribution in [2.75, 3.05) is 26.2 Å². The summed E-state index contributed by atoms with van der Waals surface area (Å²) in [5.74, 6) is -0.407. The molecule has 0 radical (unpaired) electrons. The van der Waals surface area contributed by atoms with Crippen molar-refractivity contribution in [3.63, 3.8) is 0 Å². The first-order valence-electron chi connectivity index (χ1n) is 9.32. The van der Waals surface area contributed by atoms with Crippen LogP contribution in [-0.4, -0.2) is 52.4 Å². The molecule has 1 fully saturated rings.